The molecule has 7 heteroatoms. The van der Waals surface area contributed by atoms with Crippen molar-refractivity contribution < 1.29 is 9.18 Å². The molecule has 0 unspecified atom stereocenters. The fourth-order valence-corrected chi connectivity index (χ4v) is 2.99. The van der Waals surface area contributed by atoms with Gasteiger partial charge in [-0.05, 0) is 42.7 Å². The Morgan fingerprint density at radius 1 is 1.18 bits per heavy atom. The molecule has 0 aliphatic carbocycles. The number of amides is 1. The highest BCUT2D eigenvalue weighted by molar-refractivity contribution is 5.90. The Balaban J connectivity index is 1.92. The Morgan fingerprint density at radius 2 is 2.00 bits per heavy atom. The van der Waals surface area contributed by atoms with Gasteiger partial charge in [-0.1, -0.05) is 26.3 Å². The van der Waals surface area contributed by atoms with Gasteiger partial charge in [0.25, 0.3) is 5.56 Å². The molecule has 0 atom stereocenters. The van der Waals surface area contributed by atoms with Crippen molar-refractivity contribution in [1.82, 2.24) is 14.5 Å². The second-order valence-electron chi connectivity index (χ2n) is 6.66. The number of hydrogen-bond donors (Lipinski definition) is 1. The lowest BCUT2D eigenvalue weighted by Crippen LogP contribution is -2.20. The van der Waals surface area contributed by atoms with Gasteiger partial charge in [-0.2, -0.15) is 4.39 Å². The van der Waals surface area contributed by atoms with E-state index in [-0.39, 0.29) is 22.8 Å². The lowest BCUT2D eigenvalue weighted by Gasteiger charge is -2.09. The van der Waals surface area contributed by atoms with Crippen molar-refractivity contribution >= 4 is 22.6 Å². The normalized spacial score (nSPS) is 11.0. The predicted octanol–water partition coefficient (Wildman–Crippen LogP) is 4.14. The number of fused-ring (bicyclic) bond motifs is 1. The quantitative estimate of drug-likeness (QED) is 0.623. The SMILES string of the molecule is CCCCC(=O)Nc1ccc(-c2ccc3ncn(CCC)c(=O)c3c2)c(F)n1. The number of nitrogens with zero attached hydrogens (tertiary/aromatic N) is 3. The Hall–Kier alpha value is -3.09. The lowest BCUT2D eigenvalue weighted by molar-refractivity contribution is -0.116. The van der Waals surface area contributed by atoms with Crippen molar-refractivity contribution in [2.24, 2.45) is 0 Å². The number of rotatable bonds is 7. The van der Waals surface area contributed by atoms with Gasteiger partial charge in [0.15, 0.2) is 0 Å². The molecule has 0 saturated carbocycles. The maximum Gasteiger partial charge on any atom is 0.261 e. The molecule has 3 aromatic rings. The van der Waals surface area contributed by atoms with Crippen LogP contribution in [0.3, 0.4) is 0 Å². The molecule has 2 aromatic heterocycles. The maximum absolute atomic E-state index is 14.6. The van der Waals surface area contributed by atoms with Crippen molar-refractivity contribution in [3.05, 3.63) is 53.0 Å². The van der Waals surface area contributed by atoms with Gasteiger partial charge in [-0.15, -0.1) is 0 Å². The molecule has 0 bridgehead atoms. The van der Waals surface area contributed by atoms with E-state index in [1.807, 2.05) is 13.8 Å². The molecule has 28 heavy (non-hydrogen) atoms. The third-order valence-corrected chi connectivity index (χ3v) is 4.47. The average Bonchev–Trinajstić information content (AvgIpc) is 2.69. The van der Waals surface area contributed by atoms with Gasteiger partial charge in [0.1, 0.15) is 5.82 Å². The van der Waals surface area contributed by atoms with Gasteiger partial charge < -0.3 is 5.32 Å². The number of carbonyl (C=O) groups is 1. The number of aromatic nitrogens is 3. The van der Waals surface area contributed by atoms with Gasteiger partial charge >= 0.3 is 0 Å². The van der Waals surface area contributed by atoms with Crippen molar-refractivity contribution in [2.45, 2.75) is 46.1 Å². The minimum absolute atomic E-state index is 0.151. The Labute approximate surface area is 162 Å². The molecule has 146 valence electrons. The van der Waals surface area contributed by atoms with Gasteiger partial charge in [0, 0.05) is 18.5 Å². The van der Waals surface area contributed by atoms with E-state index in [9.17, 15) is 14.0 Å². The molecule has 1 amide bonds. The first-order chi connectivity index (χ1) is 13.5. The van der Waals surface area contributed by atoms with Crippen molar-refractivity contribution in [1.29, 1.82) is 0 Å². The van der Waals surface area contributed by atoms with Crippen LogP contribution in [0.4, 0.5) is 10.2 Å². The van der Waals surface area contributed by atoms with Crippen LogP contribution in [0.2, 0.25) is 0 Å². The topological polar surface area (TPSA) is 76.9 Å². The maximum atomic E-state index is 14.6. The minimum atomic E-state index is -0.703. The Bertz CT molecular complexity index is 1060. The first-order valence-electron chi connectivity index (χ1n) is 9.49. The van der Waals surface area contributed by atoms with Gasteiger partial charge in [0.2, 0.25) is 11.9 Å². The summed E-state index contributed by atoms with van der Waals surface area (Å²) in [5.41, 5.74) is 1.21. The molecule has 1 aromatic carbocycles. The van der Waals surface area contributed by atoms with Crippen molar-refractivity contribution in [2.75, 3.05) is 5.32 Å². The molecule has 6 nitrogen and oxygen atoms in total. The van der Waals surface area contributed by atoms with Crippen LogP contribution in [0.1, 0.15) is 39.5 Å². The van der Waals surface area contributed by atoms with E-state index in [1.165, 1.54) is 6.33 Å². The van der Waals surface area contributed by atoms with E-state index in [0.29, 0.717) is 29.4 Å². The van der Waals surface area contributed by atoms with Crippen LogP contribution >= 0.6 is 0 Å². The first kappa shape index (κ1) is 19.7. The van der Waals surface area contributed by atoms with E-state index in [4.69, 9.17) is 0 Å². The lowest BCUT2D eigenvalue weighted by atomic mass is 10.1. The zero-order chi connectivity index (χ0) is 20.1. The number of hydrogen-bond acceptors (Lipinski definition) is 4. The van der Waals surface area contributed by atoms with Gasteiger partial charge in [0.05, 0.1) is 17.2 Å². The van der Waals surface area contributed by atoms with E-state index < -0.39 is 5.95 Å². The van der Waals surface area contributed by atoms with E-state index >= 15 is 0 Å². The van der Waals surface area contributed by atoms with Crippen LogP contribution in [0.15, 0.2) is 41.5 Å². The summed E-state index contributed by atoms with van der Waals surface area (Å²) in [6, 6.07) is 8.15. The van der Waals surface area contributed by atoms with Crippen LogP contribution in [-0.4, -0.2) is 20.4 Å². The summed E-state index contributed by atoms with van der Waals surface area (Å²) in [6.45, 7) is 4.56. The summed E-state index contributed by atoms with van der Waals surface area (Å²) >= 11 is 0. The zero-order valence-corrected chi connectivity index (χ0v) is 16.0. The molecule has 1 N–H and O–H groups in total. The van der Waals surface area contributed by atoms with Crippen LogP contribution in [0.25, 0.3) is 22.0 Å². The number of halogens is 1. The van der Waals surface area contributed by atoms with Crippen molar-refractivity contribution in [3.63, 3.8) is 0 Å². The molecular weight excluding hydrogens is 359 g/mol. The highest BCUT2D eigenvalue weighted by Gasteiger charge is 2.12. The second kappa shape index (κ2) is 8.73. The molecule has 0 saturated heterocycles. The Morgan fingerprint density at radius 3 is 2.71 bits per heavy atom. The van der Waals surface area contributed by atoms with E-state index in [1.54, 1.807) is 34.9 Å². The first-order valence-corrected chi connectivity index (χ1v) is 9.49. The summed E-state index contributed by atoms with van der Waals surface area (Å²) in [5, 5.41) is 3.04. The molecule has 0 aliphatic rings. The fourth-order valence-electron chi connectivity index (χ4n) is 2.99. The van der Waals surface area contributed by atoms with Crippen LogP contribution in [-0.2, 0) is 11.3 Å². The zero-order valence-electron chi connectivity index (χ0n) is 16.0. The highest BCUT2D eigenvalue weighted by Crippen LogP contribution is 2.25. The monoisotopic (exact) mass is 382 g/mol. The molecule has 2 heterocycles. The van der Waals surface area contributed by atoms with E-state index in [0.717, 1.165) is 19.3 Å². The average molecular weight is 382 g/mol. The number of nitrogens with one attached hydrogen (secondary N) is 1. The van der Waals surface area contributed by atoms with Gasteiger partial charge in [-0.3, -0.25) is 14.2 Å². The summed E-state index contributed by atoms with van der Waals surface area (Å²) in [7, 11) is 0. The number of unbranched alkanes of at least 4 members (excludes halogenated alkanes) is 1. The van der Waals surface area contributed by atoms with Crippen LogP contribution in [0.5, 0.6) is 0 Å². The molecule has 0 radical (unpaired) electrons. The third-order valence-electron chi connectivity index (χ3n) is 4.47. The third kappa shape index (κ3) is 4.24. The summed E-state index contributed by atoms with van der Waals surface area (Å²) in [6.07, 6.45) is 4.41. The van der Waals surface area contributed by atoms with Gasteiger partial charge in [-0.25, -0.2) is 9.97 Å². The number of aryl methyl sites for hydroxylation is 1. The molecular formula is C21H23FN4O2. The predicted molar refractivity (Wildman–Crippen MR) is 108 cm³/mol. The van der Waals surface area contributed by atoms with Crippen LogP contribution < -0.4 is 10.9 Å². The molecule has 0 spiro atoms. The summed E-state index contributed by atoms with van der Waals surface area (Å²) in [5.74, 6) is -0.713. The van der Waals surface area contributed by atoms with Crippen molar-refractivity contribution in [3.8, 4) is 11.1 Å². The molecule has 0 fully saturated rings. The number of benzene rings is 1. The highest BCUT2D eigenvalue weighted by atomic mass is 19.1. The minimum Gasteiger partial charge on any atom is -0.311 e. The Kier molecular flexibility index (Phi) is 6.13. The fraction of sp³-hybridized carbons (Fsp3) is 0.333. The largest absolute Gasteiger partial charge is 0.311 e. The standard InChI is InChI=1S/C21H23FN4O2/c1-3-5-6-19(27)24-18-10-8-15(20(22)25-18)14-7-9-17-16(12-14)21(28)26(11-4-2)13-23-17/h7-10,12-13H,3-6,11H2,1-2H3,(H,24,25,27). The number of carbonyl (C=O) groups excluding carboxylic acids is 1. The second-order valence-corrected chi connectivity index (χ2v) is 6.66. The summed E-state index contributed by atoms with van der Waals surface area (Å²) < 4.78 is 16.1. The molecule has 3 rings (SSSR count). The summed E-state index contributed by atoms with van der Waals surface area (Å²) in [4.78, 5) is 32.5. The number of pyridine rings is 1. The molecule has 0 aliphatic heterocycles. The van der Waals surface area contributed by atoms with E-state index in [2.05, 4.69) is 15.3 Å². The van der Waals surface area contributed by atoms with Crippen LogP contribution in [0, 0.1) is 5.95 Å². The number of anilines is 1. The smallest absolute Gasteiger partial charge is 0.261 e.